The Kier molecular flexibility index (Phi) is 3.67. The lowest BCUT2D eigenvalue weighted by atomic mass is 10.1. The molecule has 0 atom stereocenters. The Bertz CT molecular complexity index is 411. The molecule has 0 unspecified atom stereocenters. The van der Waals surface area contributed by atoms with Crippen molar-refractivity contribution in [1.82, 2.24) is 5.32 Å². The third kappa shape index (κ3) is 3.22. The van der Waals surface area contributed by atoms with E-state index < -0.39 is 0 Å². The summed E-state index contributed by atoms with van der Waals surface area (Å²) >= 11 is 0. The molecule has 2 N–H and O–H groups in total. The van der Waals surface area contributed by atoms with Gasteiger partial charge in [0.05, 0.1) is 5.56 Å². The Balaban J connectivity index is 1.98. The van der Waals surface area contributed by atoms with E-state index >= 15 is 0 Å². The second-order valence-electron chi connectivity index (χ2n) is 4.79. The van der Waals surface area contributed by atoms with Gasteiger partial charge in [0, 0.05) is 19.3 Å². The highest BCUT2D eigenvalue weighted by atomic mass is 16.1. The Hall–Kier alpha value is -1.51. The quantitative estimate of drug-likeness (QED) is 0.819. The van der Waals surface area contributed by atoms with Crippen LogP contribution in [0.25, 0.3) is 0 Å². The van der Waals surface area contributed by atoms with Crippen LogP contribution in [-0.4, -0.2) is 19.5 Å². The van der Waals surface area contributed by atoms with Gasteiger partial charge in [-0.1, -0.05) is 24.5 Å². The van der Waals surface area contributed by atoms with Crippen molar-refractivity contribution in [2.75, 3.05) is 18.9 Å². The summed E-state index contributed by atoms with van der Waals surface area (Å²) in [6.07, 6.45) is 3.79. The fourth-order valence-corrected chi connectivity index (χ4v) is 1.96. The number of hydrogen-bond donors (Lipinski definition) is 2. The molecule has 92 valence electrons. The molecule has 3 nitrogen and oxygen atoms in total. The van der Waals surface area contributed by atoms with Gasteiger partial charge in [-0.2, -0.15) is 0 Å². The Morgan fingerprint density at radius 2 is 2.18 bits per heavy atom. The van der Waals surface area contributed by atoms with Gasteiger partial charge in [0.1, 0.15) is 0 Å². The lowest BCUT2D eigenvalue weighted by molar-refractivity contribution is 0.0953. The lowest BCUT2D eigenvalue weighted by Gasteiger charge is -2.10. The van der Waals surface area contributed by atoms with Crippen molar-refractivity contribution in [1.29, 1.82) is 0 Å². The van der Waals surface area contributed by atoms with E-state index in [2.05, 4.69) is 10.6 Å². The van der Waals surface area contributed by atoms with Gasteiger partial charge < -0.3 is 10.6 Å². The Morgan fingerprint density at radius 1 is 1.41 bits per heavy atom. The molecular formula is C14H20N2O. The first kappa shape index (κ1) is 12.0. The zero-order valence-electron chi connectivity index (χ0n) is 10.5. The smallest absolute Gasteiger partial charge is 0.253 e. The van der Waals surface area contributed by atoms with Crippen LogP contribution in [0.3, 0.4) is 0 Å². The normalized spacial score (nSPS) is 14.5. The molecule has 0 saturated heterocycles. The lowest BCUT2D eigenvalue weighted by Crippen LogP contribution is -2.25. The number of aryl methyl sites for hydroxylation is 1. The Morgan fingerprint density at radius 3 is 2.82 bits per heavy atom. The highest BCUT2D eigenvalue weighted by Crippen LogP contribution is 2.31. The van der Waals surface area contributed by atoms with Crippen molar-refractivity contribution < 1.29 is 4.79 Å². The van der Waals surface area contributed by atoms with Gasteiger partial charge >= 0.3 is 0 Å². The third-order valence-electron chi connectivity index (χ3n) is 3.22. The summed E-state index contributed by atoms with van der Waals surface area (Å²) < 4.78 is 0. The van der Waals surface area contributed by atoms with Crippen LogP contribution < -0.4 is 10.6 Å². The van der Waals surface area contributed by atoms with E-state index in [1.807, 2.05) is 32.2 Å². The van der Waals surface area contributed by atoms with Crippen molar-refractivity contribution in [3.8, 4) is 0 Å². The van der Waals surface area contributed by atoms with Gasteiger partial charge in [-0.05, 0) is 31.4 Å². The molecule has 1 aliphatic carbocycles. The van der Waals surface area contributed by atoms with E-state index in [4.69, 9.17) is 0 Å². The maximum atomic E-state index is 12.0. The van der Waals surface area contributed by atoms with Gasteiger partial charge in [0.2, 0.25) is 0 Å². The molecule has 1 aromatic carbocycles. The molecule has 0 radical (unpaired) electrons. The first-order valence-corrected chi connectivity index (χ1v) is 6.27. The molecule has 0 spiro atoms. The molecule has 0 aliphatic heterocycles. The van der Waals surface area contributed by atoms with E-state index in [1.54, 1.807) is 0 Å². The van der Waals surface area contributed by atoms with Gasteiger partial charge in [-0.15, -0.1) is 0 Å². The number of carbonyl (C=O) groups excluding carboxylic acids is 1. The van der Waals surface area contributed by atoms with Crippen LogP contribution in [0.5, 0.6) is 0 Å². The maximum absolute atomic E-state index is 12.0. The summed E-state index contributed by atoms with van der Waals surface area (Å²) in [5.74, 6) is 0.885. The second kappa shape index (κ2) is 5.21. The van der Waals surface area contributed by atoms with Crippen LogP contribution in [0.15, 0.2) is 18.2 Å². The monoisotopic (exact) mass is 232 g/mol. The van der Waals surface area contributed by atoms with Crippen molar-refractivity contribution >= 4 is 11.6 Å². The average Bonchev–Trinajstić information content (AvgIpc) is 3.13. The first-order chi connectivity index (χ1) is 8.20. The van der Waals surface area contributed by atoms with Crippen LogP contribution in [0, 0.1) is 12.8 Å². The molecule has 0 heterocycles. The summed E-state index contributed by atoms with van der Waals surface area (Å²) in [4.78, 5) is 12.0. The number of amides is 1. The minimum Gasteiger partial charge on any atom is -0.387 e. The maximum Gasteiger partial charge on any atom is 0.253 e. The summed E-state index contributed by atoms with van der Waals surface area (Å²) in [6, 6.07) is 5.89. The standard InChI is InChI=1S/C14H20N2O/c1-10-3-6-13(15-2)12(9-10)14(17)16-8-7-11-4-5-11/h3,6,9,11,15H,4-5,7-8H2,1-2H3,(H,16,17). The minimum atomic E-state index is 0.0266. The van der Waals surface area contributed by atoms with Crippen LogP contribution in [-0.2, 0) is 0 Å². The van der Waals surface area contributed by atoms with E-state index in [0.717, 1.165) is 35.7 Å². The summed E-state index contributed by atoms with van der Waals surface area (Å²) in [5.41, 5.74) is 2.74. The predicted octanol–water partition coefficient (Wildman–Crippen LogP) is 2.57. The highest BCUT2D eigenvalue weighted by molar-refractivity contribution is 5.99. The van der Waals surface area contributed by atoms with Crippen LogP contribution in [0.1, 0.15) is 35.2 Å². The van der Waals surface area contributed by atoms with Crippen molar-refractivity contribution in [2.24, 2.45) is 5.92 Å². The SMILES string of the molecule is CNc1ccc(C)cc1C(=O)NCCC1CC1. The number of benzene rings is 1. The first-order valence-electron chi connectivity index (χ1n) is 6.27. The number of anilines is 1. The van der Waals surface area contributed by atoms with Crippen molar-refractivity contribution in [3.63, 3.8) is 0 Å². The largest absolute Gasteiger partial charge is 0.387 e. The molecule has 1 aromatic rings. The molecule has 3 heteroatoms. The number of hydrogen-bond acceptors (Lipinski definition) is 2. The minimum absolute atomic E-state index is 0.0266. The molecule has 1 aliphatic rings. The van der Waals surface area contributed by atoms with E-state index in [1.165, 1.54) is 12.8 Å². The number of carbonyl (C=O) groups is 1. The fraction of sp³-hybridized carbons (Fsp3) is 0.500. The average molecular weight is 232 g/mol. The fourth-order valence-electron chi connectivity index (χ4n) is 1.96. The van der Waals surface area contributed by atoms with Crippen LogP contribution in [0.4, 0.5) is 5.69 Å². The zero-order valence-corrected chi connectivity index (χ0v) is 10.5. The zero-order chi connectivity index (χ0) is 12.3. The third-order valence-corrected chi connectivity index (χ3v) is 3.22. The van der Waals surface area contributed by atoms with Gasteiger partial charge in [0.25, 0.3) is 5.91 Å². The molecule has 0 bridgehead atoms. The van der Waals surface area contributed by atoms with Gasteiger partial charge in [-0.25, -0.2) is 0 Å². The van der Waals surface area contributed by atoms with Crippen molar-refractivity contribution in [2.45, 2.75) is 26.2 Å². The highest BCUT2D eigenvalue weighted by Gasteiger charge is 2.21. The summed E-state index contributed by atoms with van der Waals surface area (Å²) in [6.45, 7) is 2.79. The predicted molar refractivity (Wildman–Crippen MR) is 70.4 cm³/mol. The van der Waals surface area contributed by atoms with E-state index in [-0.39, 0.29) is 5.91 Å². The van der Waals surface area contributed by atoms with E-state index in [9.17, 15) is 4.79 Å². The molecule has 1 amide bonds. The molecular weight excluding hydrogens is 212 g/mol. The van der Waals surface area contributed by atoms with Gasteiger partial charge in [-0.3, -0.25) is 4.79 Å². The second-order valence-corrected chi connectivity index (χ2v) is 4.79. The van der Waals surface area contributed by atoms with Gasteiger partial charge in [0.15, 0.2) is 0 Å². The number of rotatable bonds is 5. The van der Waals surface area contributed by atoms with E-state index in [0.29, 0.717) is 0 Å². The van der Waals surface area contributed by atoms with Crippen LogP contribution in [0.2, 0.25) is 0 Å². The topological polar surface area (TPSA) is 41.1 Å². The molecule has 0 aromatic heterocycles. The summed E-state index contributed by atoms with van der Waals surface area (Å²) in [5, 5.41) is 6.05. The molecule has 2 rings (SSSR count). The van der Waals surface area contributed by atoms with Crippen molar-refractivity contribution in [3.05, 3.63) is 29.3 Å². The number of nitrogens with one attached hydrogen (secondary N) is 2. The molecule has 1 fully saturated rings. The molecule has 17 heavy (non-hydrogen) atoms. The summed E-state index contributed by atoms with van der Waals surface area (Å²) in [7, 11) is 1.84. The van der Waals surface area contributed by atoms with Crippen LogP contribution >= 0.6 is 0 Å². The molecule has 1 saturated carbocycles. The Labute approximate surface area is 103 Å².